The first kappa shape index (κ1) is 20.1. The summed E-state index contributed by atoms with van der Waals surface area (Å²) >= 11 is 0. The molecule has 0 aliphatic heterocycles. The third-order valence-corrected chi connectivity index (χ3v) is 6.01. The summed E-state index contributed by atoms with van der Waals surface area (Å²) in [5.41, 5.74) is 4.88. The molecule has 6 heteroatoms. The third-order valence-electron chi connectivity index (χ3n) is 4.70. The summed E-state index contributed by atoms with van der Waals surface area (Å²) < 4.78 is 12.2. The molecule has 0 amide bonds. The molecule has 3 aromatic rings. The van der Waals surface area contributed by atoms with E-state index in [0.717, 1.165) is 24.5 Å². The molecule has 0 aliphatic rings. The maximum Gasteiger partial charge on any atom is 0.191 e. The van der Waals surface area contributed by atoms with E-state index >= 15 is 0 Å². The molecule has 0 saturated carbocycles. The molecule has 0 fully saturated rings. The number of aromatic amines is 1. The van der Waals surface area contributed by atoms with Gasteiger partial charge in [0.1, 0.15) is 0 Å². The molecule has 1 aromatic heterocycles. The molecule has 2 aromatic carbocycles. The highest BCUT2D eigenvalue weighted by Crippen LogP contribution is 2.22. The fraction of sp³-hybridized carbons (Fsp3) is 0.318. The molecule has 1 unspecified atom stereocenters. The lowest BCUT2D eigenvalue weighted by molar-refractivity contribution is 0.680. The number of aromatic nitrogens is 1. The Morgan fingerprint density at radius 1 is 1.07 bits per heavy atom. The van der Waals surface area contributed by atoms with Crippen LogP contribution in [0.1, 0.15) is 16.7 Å². The van der Waals surface area contributed by atoms with Crippen molar-refractivity contribution in [3.8, 4) is 0 Å². The van der Waals surface area contributed by atoms with E-state index in [-0.39, 0.29) is 0 Å². The molecule has 5 nitrogen and oxygen atoms in total. The third kappa shape index (κ3) is 5.45. The van der Waals surface area contributed by atoms with Crippen LogP contribution in [0.3, 0.4) is 0 Å². The Morgan fingerprint density at radius 2 is 1.86 bits per heavy atom. The maximum absolute atomic E-state index is 12.2. The lowest BCUT2D eigenvalue weighted by Gasteiger charge is -2.12. The smallest absolute Gasteiger partial charge is 0.191 e. The highest BCUT2D eigenvalue weighted by Gasteiger charge is 2.07. The quantitative estimate of drug-likeness (QED) is 0.405. The molecule has 3 rings (SSSR count). The molecule has 0 saturated heterocycles. The second kappa shape index (κ2) is 10.1. The first-order valence-electron chi connectivity index (χ1n) is 9.56. The Balaban J connectivity index is 1.41. The van der Waals surface area contributed by atoms with E-state index in [4.69, 9.17) is 0 Å². The second-order valence-corrected chi connectivity index (χ2v) is 8.34. The van der Waals surface area contributed by atoms with E-state index in [1.54, 1.807) is 7.05 Å². The number of nitrogens with one attached hydrogen (secondary N) is 3. The summed E-state index contributed by atoms with van der Waals surface area (Å²) in [6.07, 6.45) is 2.99. The number of aliphatic imine (C=N–C) groups is 1. The standard InChI is InChI=1S/C22H28N4OS/c1-17-7-6-10-20-21(17)19(15-26-20)11-12-24-22(23-2)25-13-14-28(27)16-18-8-4-3-5-9-18/h3-10,15,26H,11-14,16H2,1-2H3,(H2,23,24,25). The Labute approximate surface area is 169 Å². The molecular formula is C22H28N4OS. The lowest BCUT2D eigenvalue weighted by atomic mass is 10.1. The van der Waals surface area contributed by atoms with Crippen LogP contribution in [0.5, 0.6) is 0 Å². The van der Waals surface area contributed by atoms with Crippen LogP contribution in [0.25, 0.3) is 10.9 Å². The van der Waals surface area contributed by atoms with Gasteiger partial charge in [-0.2, -0.15) is 0 Å². The van der Waals surface area contributed by atoms with Crippen molar-refractivity contribution in [1.29, 1.82) is 0 Å². The number of hydrogen-bond acceptors (Lipinski definition) is 2. The monoisotopic (exact) mass is 396 g/mol. The SMILES string of the molecule is CN=C(NCCc1c[nH]c2cccc(C)c12)NCCS(=O)Cc1ccccc1. The molecule has 3 N–H and O–H groups in total. The summed E-state index contributed by atoms with van der Waals surface area (Å²) in [6, 6.07) is 16.3. The molecule has 1 atom stereocenters. The van der Waals surface area contributed by atoms with Crippen molar-refractivity contribution in [1.82, 2.24) is 15.6 Å². The zero-order valence-corrected chi connectivity index (χ0v) is 17.3. The minimum atomic E-state index is -0.887. The van der Waals surface area contributed by atoms with Crippen LogP contribution in [-0.2, 0) is 23.0 Å². The number of fused-ring (bicyclic) bond motifs is 1. The minimum Gasteiger partial charge on any atom is -0.361 e. The number of hydrogen-bond donors (Lipinski definition) is 3. The van der Waals surface area contributed by atoms with Gasteiger partial charge in [-0.05, 0) is 36.1 Å². The molecule has 0 spiro atoms. The predicted molar refractivity (Wildman–Crippen MR) is 119 cm³/mol. The van der Waals surface area contributed by atoms with Gasteiger partial charge in [-0.15, -0.1) is 0 Å². The van der Waals surface area contributed by atoms with Crippen LogP contribution in [-0.4, -0.2) is 41.0 Å². The number of benzene rings is 2. The van der Waals surface area contributed by atoms with Gasteiger partial charge in [0, 0.05) is 59.5 Å². The summed E-state index contributed by atoms with van der Waals surface area (Å²) in [5.74, 6) is 1.93. The van der Waals surface area contributed by atoms with Gasteiger partial charge in [0.15, 0.2) is 5.96 Å². The van der Waals surface area contributed by atoms with Gasteiger partial charge in [-0.1, -0.05) is 42.5 Å². The van der Waals surface area contributed by atoms with Crippen LogP contribution in [0.15, 0.2) is 59.7 Å². The van der Waals surface area contributed by atoms with Gasteiger partial charge in [0.05, 0.1) is 0 Å². The van der Waals surface area contributed by atoms with Crippen molar-refractivity contribution >= 4 is 27.7 Å². The van der Waals surface area contributed by atoms with Crippen LogP contribution in [0.2, 0.25) is 0 Å². The van der Waals surface area contributed by atoms with Crippen LogP contribution in [0, 0.1) is 6.92 Å². The van der Waals surface area contributed by atoms with Gasteiger partial charge in [0.25, 0.3) is 0 Å². The number of rotatable bonds is 8. The van der Waals surface area contributed by atoms with Crippen molar-refractivity contribution < 1.29 is 4.21 Å². The van der Waals surface area contributed by atoms with Gasteiger partial charge >= 0.3 is 0 Å². The number of aryl methyl sites for hydroxylation is 1. The Morgan fingerprint density at radius 3 is 2.64 bits per heavy atom. The van der Waals surface area contributed by atoms with Crippen molar-refractivity contribution in [2.24, 2.45) is 4.99 Å². The number of guanidine groups is 1. The zero-order valence-electron chi connectivity index (χ0n) is 16.5. The van der Waals surface area contributed by atoms with E-state index in [0.29, 0.717) is 18.1 Å². The van der Waals surface area contributed by atoms with Crippen molar-refractivity contribution in [3.05, 3.63) is 71.4 Å². The van der Waals surface area contributed by atoms with E-state index < -0.39 is 10.8 Å². The summed E-state index contributed by atoms with van der Waals surface area (Å²) in [4.78, 5) is 7.60. The molecule has 0 bridgehead atoms. The average molecular weight is 397 g/mol. The predicted octanol–water partition coefficient (Wildman–Crippen LogP) is 3.13. The largest absolute Gasteiger partial charge is 0.361 e. The molecule has 1 heterocycles. The highest BCUT2D eigenvalue weighted by molar-refractivity contribution is 7.84. The lowest BCUT2D eigenvalue weighted by Crippen LogP contribution is -2.40. The Kier molecular flexibility index (Phi) is 7.25. The van der Waals surface area contributed by atoms with Crippen LogP contribution < -0.4 is 10.6 Å². The molecule has 148 valence electrons. The van der Waals surface area contributed by atoms with Crippen molar-refractivity contribution in [2.75, 3.05) is 25.9 Å². The summed E-state index contributed by atoms with van der Waals surface area (Å²) in [5, 5.41) is 7.90. The van der Waals surface area contributed by atoms with Crippen LogP contribution in [0.4, 0.5) is 0 Å². The topological polar surface area (TPSA) is 69.3 Å². The number of H-pyrrole nitrogens is 1. The van der Waals surface area contributed by atoms with Crippen molar-refractivity contribution in [3.63, 3.8) is 0 Å². The van der Waals surface area contributed by atoms with E-state index in [1.165, 1.54) is 22.0 Å². The number of nitrogens with zero attached hydrogens (tertiary/aromatic N) is 1. The van der Waals surface area contributed by atoms with Crippen LogP contribution >= 0.6 is 0 Å². The summed E-state index contributed by atoms with van der Waals surface area (Å²) in [6.45, 7) is 3.56. The normalized spacial score (nSPS) is 12.9. The molecular weight excluding hydrogens is 368 g/mol. The van der Waals surface area contributed by atoms with E-state index in [9.17, 15) is 4.21 Å². The maximum atomic E-state index is 12.2. The second-order valence-electron chi connectivity index (χ2n) is 6.76. The van der Waals surface area contributed by atoms with Gasteiger partial charge in [-0.3, -0.25) is 9.20 Å². The molecule has 28 heavy (non-hydrogen) atoms. The minimum absolute atomic E-state index is 0.592. The first-order valence-corrected chi connectivity index (χ1v) is 11.0. The first-order chi connectivity index (χ1) is 13.7. The Bertz CT molecular complexity index is 950. The Hall–Kier alpha value is -2.60. The fourth-order valence-electron chi connectivity index (χ4n) is 3.30. The van der Waals surface area contributed by atoms with E-state index in [1.807, 2.05) is 30.3 Å². The van der Waals surface area contributed by atoms with Crippen molar-refractivity contribution in [2.45, 2.75) is 19.1 Å². The molecule has 0 aliphatic carbocycles. The molecule has 0 radical (unpaired) electrons. The highest BCUT2D eigenvalue weighted by atomic mass is 32.2. The average Bonchev–Trinajstić information content (AvgIpc) is 3.12. The zero-order chi connectivity index (χ0) is 19.8. The van der Waals surface area contributed by atoms with Gasteiger partial charge in [0.2, 0.25) is 0 Å². The fourth-order valence-corrected chi connectivity index (χ4v) is 4.34. The van der Waals surface area contributed by atoms with Gasteiger partial charge in [-0.25, -0.2) is 0 Å². The van der Waals surface area contributed by atoms with Gasteiger partial charge < -0.3 is 15.6 Å². The van der Waals surface area contributed by atoms with E-state index in [2.05, 4.69) is 51.9 Å². The summed E-state index contributed by atoms with van der Waals surface area (Å²) in [7, 11) is 0.869.